The van der Waals surface area contributed by atoms with Gasteiger partial charge in [0.05, 0.1) is 19.3 Å². The van der Waals surface area contributed by atoms with E-state index in [2.05, 4.69) is 30.8 Å². The summed E-state index contributed by atoms with van der Waals surface area (Å²) in [5.74, 6) is 1.23. The first-order valence-electron chi connectivity index (χ1n) is 9.05. The lowest BCUT2D eigenvalue weighted by molar-refractivity contribution is -0.125. The van der Waals surface area contributed by atoms with Crippen LogP contribution in [0.1, 0.15) is 25.5 Å². The molecule has 1 aromatic rings. The fourth-order valence-electron chi connectivity index (χ4n) is 3.68. The number of nitrogens with one attached hydrogen (secondary N) is 3. The molecule has 0 aromatic carbocycles. The average Bonchev–Trinajstić information content (AvgIpc) is 2.95. The summed E-state index contributed by atoms with van der Waals surface area (Å²) in [6, 6.07) is 5.23. The van der Waals surface area contributed by atoms with Gasteiger partial charge in [0.15, 0.2) is 5.96 Å². The van der Waals surface area contributed by atoms with Crippen molar-refractivity contribution in [1.29, 1.82) is 0 Å². The van der Waals surface area contributed by atoms with Gasteiger partial charge in [0, 0.05) is 26.2 Å². The van der Waals surface area contributed by atoms with E-state index in [0.717, 1.165) is 37.6 Å². The summed E-state index contributed by atoms with van der Waals surface area (Å²) in [6.45, 7) is 3.86. The van der Waals surface area contributed by atoms with Gasteiger partial charge in [0.2, 0.25) is 5.88 Å². The minimum atomic E-state index is -0.829. The number of amides is 3. The molecule has 3 heterocycles. The first kappa shape index (κ1) is 18.9. The maximum absolute atomic E-state index is 12.1. The lowest BCUT2D eigenvalue weighted by atomic mass is 9.79. The highest BCUT2D eigenvalue weighted by Crippen LogP contribution is 2.30. The van der Waals surface area contributed by atoms with Crippen molar-refractivity contribution in [2.24, 2.45) is 10.9 Å². The highest BCUT2D eigenvalue weighted by atomic mass is 16.5. The molecule has 2 saturated heterocycles. The molecule has 0 aliphatic carbocycles. The smallest absolute Gasteiger partial charge is 0.322 e. The van der Waals surface area contributed by atoms with Crippen LogP contribution >= 0.6 is 0 Å². The van der Waals surface area contributed by atoms with Crippen LogP contribution in [0.4, 0.5) is 4.79 Å². The second-order valence-electron chi connectivity index (χ2n) is 6.94. The zero-order valence-electron chi connectivity index (χ0n) is 15.9. The van der Waals surface area contributed by atoms with Crippen LogP contribution in [0.5, 0.6) is 5.88 Å². The van der Waals surface area contributed by atoms with Crippen molar-refractivity contribution in [3.63, 3.8) is 0 Å². The minimum absolute atomic E-state index is 0.0957. The van der Waals surface area contributed by atoms with Crippen molar-refractivity contribution >= 4 is 17.9 Å². The number of carbonyl (C=O) groups is 2. The second-order valence-corrected chi connectivity index (χ2v) is 6.94. The Morgan fingerprint density at radius 1 is 1.41 bits per heavy atom. The molecule has 3 rings (SSSR count). The standard InChI is InChI=1S/C18H26N6O3/c1-18(15(25)22-17(26)23-18)12-7-9-24(10-8-12)16(19-2)20-11-13-5-4-6-14(21-13)27-3/h4-6,12H,7-11H2,1-3H3,(H,19,20)(H2,22,23,25,26). The summed E-state index contributed by atoms with van der Waals surface area (Å²) in [7, 11) is 3.34. The fraction of sp³-hybridized carbons (Fsp3) is 0.556. The third kappa shape index (κ3) is 3.96. The summed E-state index contributed by atoms with van der Waals surface area (Å²) >= 11 is 0. The van der Waals surface area contributed by atoms with Crippen molar-refractivity contribution in [3.05, 3.63) is 23.9 Å². The van der Waals surface area contributed by atoms with Gasteiger partial charge in [-0.3, -0.25) is 15.1 Å². The molecular formula is C18H26N6O3. The van der Waals surface area contributed by atoms with Gasteiger partial charge in [-0.2, -0.15) is 0 Å². The van der Waals surface area contributed by atoms with E-state index in [1.165, 1.54) is 0 Å². The number of guanidine groups is 1. The summed E-state index contributed by atoms with van der Waals surface area (Å²) < 4.78 is 5.15. The Morgan fingerprint density at radius 2 is 2.15 bits per heavy atom. The number of urea groups is 1. The number of likely N-dealkylation sites (tertiary alicyclic amines) is 1. The molecule has 3 amide bonds. The van der Waals surface area contributed by atoms with E-state index < -0.39 is 11.6 Å². The SMILES string of the molecule is CN=C(NCc1cccc(OC)n1)N1CCC(C2(C)NC(=O)NC2=O)CC1. The molecule has 3 N–H and O–H groups in total. The largest absolute Gasteiger partial charge is 0.481 e. The van der Waals surface area contributed by atoms with Crippen LogP contribution in [0, 0.1) is 5.92 Å². The zero-order chi connectivity index (χ0) is 19.4. The highest BCUT2D eigenvalue weighted by Gasteiger charge is 2.48. The summed E-state index contributed by atoms with van der Waals surface area (Å²) in [4.78, 5) is 34.5. The molecule has 0 bridgehead atoms. The van der Waals surface area contributed by atoms with Crippen LogP contribution in [0.15, 0.2) is 23.2 Å². The lowest BCUT2D eigenvalue weighted by Crippen LogP contribution is -2.55. The molecule has 0 saturated carbocycles. The number of pyridine rings is 1. The maximum atomic E-state index is 12.1. The average molecular weight is 374 g/mol. The minimum Gasteiger partial charge on any atom is -0.481 e. The molecular weight excluding hydrogens is 348 g/mol. The molecule has 0 radical (unpaired) electrons. The van der Waals surface area contributed by atoms with Gasteiger partial charge in [0.1, 0.15) is 5.54 Å². The third-order valence-corrected chi connectivity index (χ3v) is 5.31. The Kier molecular flexibility index (Phi) is 5.48. The Labute approximate surface area is 158 Å². The molecule has 0 spiro atoms. The predicted molar refractivity (Wildman–Crippen MR) is 100 cm³/mol. The first-order valence-corrected chi connectivity index (χ1v) is 9.05. The zero-order valence-corrected chi connectivity index (χ0v) is 15.9. The van der Waals surface area contributed by atoms with Crippen molar-refractivity contribution in [2.45, 2.75) is 31.8 Å². The number of methoxy groups -OCH3 is 1. The van der Waals surface area contributed by atoms with Crippen molar-refractivity contribution in [3.8, 4) is 5.88 Å². The number of aromatic nitrogens is 1. The molecule has 1 atom stereocenters. The number of hydrogen-bond donors (Lipinski definition) is 3. The van der Waals surface area contributed by atoms with E-state index in [-0.39, 0.29) is 11.8 Å². The molecule has 1 unspecified atom stereocenters. The number of piperidine rings is 1. The molecule has 9 nitrogen and oxygen atoms in total. The Hall–Kier alpha value is -2.84. The van der Waals surface area contributed by atoms with Gasteiger partial charge in [-0.15, -0.1) is 0 Å². The van der Waals surface area contributed by atoms with Crippen LogP contribution in [-0.4, -0.2) is 60.6 Å². The normalized spacial score (nSPS) is 23.8. The second kappa shape index (κ2) is 7.81. The fourth-order valence-corrected chi connectivity index (χ4v) is 3.68. The Bertz CT molecular complexity index is 744. The van der Waals surface area contributed by atoms with Crippen molar-refractivity contribution in [1.82, 2.24) is 25.8 Å². The number of aliphatic imine (C=N–C) groups is 1. The van der Waals surface area contributed by atoms with Crippen LogP contribution in [0.25, 0.3) is 0 Å². The summed E-state index contributed by atoms with van der Waals surface area (Å²) in [6.07, 6.45) is 1.59. The van der Waals surface area contributed by atoms with E-state index in [1.807, 2.05) is 18.2 Å². The first-order chi connectivity index (χ1) is 13.0. The van der Waals surface area contributed by atoms with Gasteiger partial charge >= 0.3 is 6.03 Å². The van der Waals surface area contributed by atoms with Crippen LogP contribution in [0.3, 0.4) is 0 Å². The monoisotopic (exact) mass is 374 g/mol. The van der Waals surface area contributed by atoms with Gasteiger partial charge < -0.3 is 20.3 Å². The molecule has 1 aromatic heterocycles. The van der Waals surface area contributed by atoms with Crippen LogP contribution < -0.4 is 20.7 Å². The molecule has 146 valence electrons. The predicted octanol–water partition coefficient (Wildman–Crippen LogP) is 0.476. The quantitative estimate of drug-likeness (QED) is 0.402. The van der Waals surface area contributed by atoms with E-state index in [0.29, 0.717) is 12.4 Å². The third-order valence-electron chi connectivity index (χ3n) is 5.31. The number of imide groups is 1. The summed E-state index contributed by atoms with van der Waals surface area (Å²) in [5, 5.41) is 8.45. The summed E-state index contributed by atoms with van der Waals surface area (Å²) in [5.41, 5.74) is 0.0354. The van der Waals surface area contributed by atoms with Crippen LogP contribution in [-0.2, 0) is 11.3 Å². The molecule has 27 heavy (non-hydrogen) atoms. The van der Waals surface area contributed by atoms with Gasteiger partial charge in [0.25, 0.3) is 5.91 Å². The Balaban J connectivity index is 1.56. The van der Waals surface area contributed by atoms with Crippen molar-refractivity contribution < 1.29 is 14.3 Å². The van der Waals surface area contributed by atoms with E-state index in [4.69, 9.17) is 4.74 Å². The van der Waals surface area contributed by atoms with E-state index in [1.54, 1.807) is 21.1 Å². The topological polar surface area (TPSA) is 108 Å². The maximum Gasteiger partial charge on any atom is 0.322 e. The molecule has 2 aliphatic heterocycles. The number of carbonyl (C=O) groups excluding carboxylic acids is 2. The van der Waals surface area contributed by atoms with Gasteiger partial charge in [-0.25, -0.2) is 9.78 Å². The van der Waals surface area contributed by atoms with Gasteiger partial charge in [-0.1, -0.05) is 6.07 Å². The lowest BCUT2D eigenvalue weighted by Gasteiger charge is -2.39. The van der Waals surface area contributed by atoms with Crippen LogP contribution in [0.2, 0.25) is 0 Å². The number of hydrogen-bond acceptors (Lipinski definition) is 5. The number of nitrogens with zero attached hydrogens (tertiary/aromatic N) is 3. The molecule has 2 aliphatic rings. The Morgan fingerprint density at radius 3 is 2.74 bits per heavy atom. The number of rotatable bonds is 4. The van der Waals surface area contributed by atoms with Gasteiger partial charge in [-0.05, 0) is 31.7 Å². The number of ether oxygens (including phenoxy) is 1. The molecule has 9 heteroatoms. The molecule has 2 fully saturated rings. The van der Waals surface area contributed by atoms with E-state index in [9.17, 15) is 9.59 Å². The van der Waals surface area contributed by atoms with Crippen molar-refractivity contribution in [2.75, 3.05) is 27.2 Å². The highest BCUT2D eigenvalue weighted by molar-refractivity contribution is 6.07. The van der Waals surface area contributed by atoms with E-state index >= 15 is 0 Å².